The Morgan fingerprint density at radius 2 is 1.65 bits per heavy atom. The number of aromatic nitrogens is 4. The SMILES string of the molecule is C[C@H]1CN(c2ccccc2)c2nc3c(c(=O)n(CCc4ccccc4)c(=O)n3C)n2C1. The summed E-state index contributed by atoms with van der Waals surface area (Å²) < 4.78 is 4.83. The van der Waals surface area contributed by atoms with E-state index >= 15 is 0 Å². The normalized spacial score (nSPS) is 15.9. The molecule has 0 spiro atoms. The van der Waals surface area contributed by atoms with Crippen LogP contribution in [0.2, 0.25) is 0 Å². The molecule has 0 radical (unpaired) electrons. The van der Waals surface area contributed by atoms with E-state index in [9.17, 15) is 9.59 Å². The van der Waals surface area contributed by atoms with Crippen molar-refractivity contribution < 1.29 is 0 Å². The lowest BCUT2D eigenvalue weighted by molar-refractivity contribution is 0.457. The summed E-state index contributed by atoms with van der Waals surface area (Å²) in [6, 6.07) is 20.0. The smallest absolute Gasteiger partial charge is 0.312 e. The summed E-state index contributed by atoms with van der Waals surface area (Å²) in [5.74, 6) is 1.05. The van der Waals surface area contributed by atoms with Gasteiger partial charge < -0.3 is 9.47 Å². The van der Waals surface area contributed by atoms with E-state index in [1.165, 1.54) is 9.13 Å². The minimum Gasteiger partial charge on any atom is -0.312 e. The Hall–Kier alpha value is -3.61. The second kappa shape index (κ2) is 7.58. The number of fused-ring (bicyclic) bond motifs is 3. The van der Waals surface area contributed by atoms with Gasteiger partial charge in [-0.15, -0.1) is 0 Å². The lowest BCUT2D eigenvalue weighted by atomic mass is 10.1. The molecule has 2 aromatic carbocycles. The molecule has 7 heteroatoms. The summed E-state index contributed by atoms with van der Waals surface area (Å²) in [7, 11) is 1.69. The van der Waals surface area contributed by atoms with Crippen LogP contribution in [-0.4, -0.2) is 25.2 Å². The Morgan fingerprint density at radius 1 is 0.968 bits per heavy atom. The minimum absolute atomic E-state index is 0.269. The first-order chi connectivity index (χ1) is 15.0. The standard InChI is InChI=1S/C24H25N5O2/c1-17-15-28(19-11-7-4-8-12-19)23-25-21-20(29(23)16-17)22(30)27(24(31)26(21)2)14-13-18-9-5-3-6-10-18/h3-12,17H,13-16H2,1-2H3/t17-/m0/s1. The van der Waals surface area contributed by atoms with E-state index in [2.05, 4.69) is 11.8 Å². The molecule has 1 aliphatic heterocycles. The lowest BCUT2D eigenvalue weighted by Crippen LogP contribution is -2.40. The molecule has 0 unspecified atom stereocenters. The van der Waals surface area contributed by atoms with E-state index in [0.717, 1.165) is 17.8 Å². The zero-order valence-corrected chi connectivity index (χ0v) is 17.7. The van der Waals surface area contributed by atoms with E-state index < -0.39 is 0 Å². The number of benzene rings is 2. The lowest BCUT2D eigenvalue weighted by Gasteiger charge is -2.32. The second-order valence-electron chi connectivity index (χ2n) is 8.28. The van der Waals surface area contributed by atoms with Gasteiger partial charge in [-0.1, -0.05) is 55.5 Å². The average Bonchev–Trinajstić information content (AvgIpc) is 3.18. The van der Waals surface area contributed by atoms with Gasteiger partial charge in [0, 0.05) is 32.4 Å². The maximum Gasteiger partial charge on any atom is 0.332 e. The van der Waals surface area contributed by atoms with Gasteiger partial charge in [-0.3, -0.25) is 13.9 Å². The molecule has 7 nitrogen and oxygen atoms in total. The van der Waals surface area contributed by atoms with Crippen LogP contribution in [0.25, 0.3) is 11.2 Å². The quantitative estimate of drug-likeness (QED) is 0.514. The molecule has 0 saturated carbocycles. The van der Waals surface area contributed by atoms with Crippen LogP contribution in [0.1, 0.15) is 12.5 Å². The molecule has 158 valence electrons. The molecule has 0 bridgehead atoms. The Kier molecular flexibility index (Phi) is 4.73. The highest BCUT2D eigenvalue weighted by Gasteiger charge is 2.29. The number of hydrogen-bond acceptors (Lipinski definition) is 4. The van der Waals surface area contributed by atoms with Gasteiger partial charge in [0.2, 0.25) is 5.95 Å². The van der Waals surface area contributed by atoms with E-state index in [4.69, 9.17) is 4.98 Å². The Morgan fingerprint density at radius 3 is 2.35 bits per heavy atom. The predicted octanol–water partition coefficient (Wildman–Crippen LogP) is 2.93. The summed E-state index contributed by atoms with van der Waals surface area (Å²) >= 11 is 0. The molecule has 0 saturated heterocycles. The maximum absolute atomic E-state index is 13.5. The van der Waals surface area contributed by atoms with Crippen molar-refractivity contribution in [3.8, 4) is 0 Å². The number of anilines is 2. The van der Waals surface area contributed by atoms with Crippen molar-refractivity contribution in [2.45, 2.75) is 26.4 Å². The van der Waals surface area contributed by atoms with Gasteiger partial charge in [-0.05, 0) is 30.0 Å². The minimum atomic E-state index is -0.330. The fraction of sp³-hybridized carbons (Fsp3) is 0.292. The molecule has 31 heavy (non-hydrogen) atoms. The fourth-order valence-corrected chi connectivity index (χ4v) is 4.41. The average molecular weight is 415 g/mol. The van der Waals surface area contributed by atoms with Crippen molar-refractivity contribution in [3.05, 3.63) is 87.1 Å². The first-order valence-corrected chi connectivity index (χ1v) is 10.6. The van der Waals surface area contributed by atoms with Gasteiger partial charge in [0.05, 0.1) is 0 Å². The van der Waals surface area contributed by atoms with Gasteiger partial charge >= 0.3 is 5.69 Å². The Bertz CT molecular complexity index is 1350. The molecule has 0 fully saturated rings. The van der Waals surface area contributed by atoms with Crippen LogP contribution in [0.4, 0.5) is 11.6 Å². The molecule has 0 N–H and O–H groups in total. The molecule has 4 aromatic rings. The van der Waals surface area contributed by atoms with E-state index in [1.807, 2.05) is 65.2 Å². The Labute approximate surface area is 179 Å². The summed E-state index contributed by atoms with van der Waals surface area (Å²) in [5.41, 5.74) is 2.46. The zero-order valence-electron chi connectivity index (χ0n) is 17.7. The topological polar surface area (TPSA) is 65.1 Å². The predicted molar refractivity (Wildman–Crippen MR) is 122 cm³/mol. The zero-order chi connectivity index (χ0) is 21.5. The Balaban J connectivity index is 1.66. The third-order valence-electron chi connectivity index (χ3n) is 5.98. The molecular weight excluding hydrogens is 390 g/mol. The highest BCUT2D eigenvalue weighted by Crippen LogP contribution is 2.32. The molecule has 0 aliphatic carbocycles. The van der Waals surface area contributed by atoms with Crippen molar-refractivity contribution in [3.63, 3.8) is 0 Å². The number of aryl methyl sites for hydroxylation is 2. The molecule has 1 aliphatic rings. The largest absolute Gasteiger partial charge is 0.332 e. The van der Waals surface area contributed by atoms with Crippen LogP contribution in [0.15, 0.2) is 70.3 Å². The number of nitrogens with zero attached hydrogens (tertiary/aromatic N) is 5. The highest BCUT2D eigenvalue weighted by atomic mass is 16.2. The molecule has 5 rings (SSSR count). The molecule has 2 aromatic heterocycles. The number of para-hydroxylation sites is 1. The summed E-state index contributed by atoms with van der Waals surface area (Å²) in [4.78, 5) is 33.4. The molecule has 0 amide bonds. The van der Waals surface area contributed by atoms with Crippen LogP contribution < -0.4 is 16.1 Å². The fourth-order valence-electron chi connectivity index (χ4n) is 4.41. The van der Waals surface area contributed by atoms with E-state index in [0.29, 0.717) is 42.5 Å². The summed E-state index contributed by atoms with van der Waals surface area (Å²) in [6.07, 6.45) is 0.620. The molecular formula is C24H25N5O2. The summed E-state index contributed by atoms with van der Waals surface area (Å²) in [5, 5.41) is 0. The van der Waals surface area contributed by atoms with Crippen LogP contribution in [0.3, 0.4) is 0 Å². The number of hydrogen-bond donors (Lipinski definition) is 0. The van der Waals surface area contributed by atoms with Crippen molar-refractivity contribution in [2.24, 2.45) is 13.0 Å². The highest BCUT2D eigenvalue weighted by molar-refractivity contribution is 5.77. The third kappa shape index (κ3) is 3.26. The van der Waals surface area contributed by atoms with Crippen LogP contribution in [0, 0.1) is 5.92 Å². The van der Waals surface area contributed by atoms with Gasteiger partial charge in [0.15, 0.2) is 11.2 Å². The van der Waals surface area contributed by atoms with Crippen molar-refractivity contribution >= 4 is 22.8 Å². The van der Waals surface area contributed by atoms with Crippen molar-refractivity contribution in [2.75, 3.05) is 11.4 Å². The second-order valence-corrected chi connectivity index (χ2v) is 8.28. The molecule has 1 atom stereocenters. The summed E-state index contributed by atoms with van der Waals surface area (Å²) in [6.45, 7) is 4.01. The maximum atomic E-state index is 13.5. The molecule has 3 heterocycles. The van der Waals surface area contributed by atoms with Gasteiger partial charge in [-0.25, -0.2) is 4.79 Å². The number of imidazole rings is 1. The van der Waals surface area contributed by atoms with E-state index in [1.54, 1.807) is 7.05 Å². The van der Waals surface area contributed by atoms with Crippen molar-refractivity contribution in [1.82, 2.24) is 18.7 Å². The number of rotatable bonds is 4. The van der Waals surface area contributed by atoms with Gasteiger partial charge in [0.25, 0.3) is 5.56 Å². The van der Waals surface area contributed by atoms with Crippen molar-refractivity contribution in [1.29, 1.82) is 0 Å². The van der Waals surface area contributed by atoms with Crippen LogP contribution in [-0.2, 0) is 26.6 Å². The first kappa shape index (κ1) is 19.4. The third-order valence-corrected chi connectivity index (χ3v) is 5.98. The monoisotopic (exact) mass is 415 g/mol. The van der Waals surface area contributed by atoms with E-state index in [-0.39, 0.29) is 11.2 Å². The van der Waals surface area contributed by atoms with Crippen LogP contribution in [0.5, 0.6) is 0 Å². The van der Waals surface area contributed by atoms with Crippen LogP contribution >= 0.6 is 0 Å². The van der Waals surface area contributed by atoms with Gasteiger partial charge in [0.1, 0.15) is 0 Å². The first-order valence-electron chi connectivity index (χ1n) is 10.6. The van der Waals surface area contributed by atoms with Gasteiger partial charge in [-0.2, -0.15) is 4.98 Å².